The van der Waals surface area contributed by atoms with E-state index in [9.17, 15) is 13.8 Å². The summed E-state index contributed by atoms with van der Waals surface area (Å²) in [5, 5.41) is 4.23. The van der Waals surface area contributed by atoms with Gasteiger partial charge in [0.25, 0.3) is 11.5 Å². The second-order valence-corrected chi connectivity index (χ2v) is 11.7. The van der Waals surface area contributed by atoms with Crippen LogP contribution in [0.2, 0.25) is 0 Å². The minimum Gasteiger partial charge on any atom is -0.496 e. The van der Waals surface area contributed by atoms with Crippen LogP contribution in [-0.2, 0) is 24.1 Å². The lowest BCUT2D eigenvalue weighted by Gasteiger charge is -2.31. The SMILES string of the molecule is COc1cc(C)[nH]c(=O)c1CNC(=O)c1c(C)n(CC2CCN(S(=O)C3CC3)CC2)c2ccccc12. The summed E-state index contributed by atoms with van der Waals surface area (Å²) in [6, 6.07) is 9.74. The number of benzene rings is 1. The van der Waals surface area contributed by atoms with E-state index in [1.165, 1.54) is 7.11 Å². The zero-order chi connectivity index (χ0) is 25.4. The van der Waals surface area contributed by atoms with Crippen LogP contribution in [0.3, 0.4) is 0 Å². The summed E-state index contributed by atoms with van der Waals surface area (Å²) >= 11 is 0. The van der Waals surface area contributed by atoms with Gasteiger partial charge in [-0.15, -0.1) is 0 Å². The third-order valence-corrected chi connectivity index (χ3v) is 9.33. The summed E-state index contributed by atoms with van der Waals surface area (Å²) in [5.74, 6) is 0.724. The smallest absolute Gasteiger partial charge is 0.256 e. The number of amides is 1. The van der Waals surface area contributed by atoms with Gasteiger partial charge in [0.1, 0.15) is 5.75 Å². The topological polar surface area (TPSA) is 96.4 Å². The van der Waals surface area contributed by atoms with Crippen molar-refractivity contribution in [1.82, 2.24) is 19.2 Å². The fourth-order valence-corrected chi connectivity index (χ4v) is 6.79. The maximum atomic E-state index is 13.4. The number of fused-ring (bicyclic) bond motifs is 1. The molecule has 3 heterocycles. The van der Waals surface area contributed by atoms with E-state index in [0.29, 0.717) is 33.7 Å². The highest BCUT2D eigenvalue weighted by molar-refractivity contribution is 7.83. The van der Waals surface area contributed by atoms with E-state index >= 15 is 0 Å². The van der Waals surface area contributed by atoms with Crippen molar-refractivity contribution in [1.29, 1.82) is 0 Å². The Hall–Kier alpha value is -2.91. The van der Waals surface area contributed by atoms with Gasteiger partial charge >= 0.3 is 0 Å². The normalized spacial score (nSPS) is 17.9. The number of aromatic amines is 1. The number of carbonyl (C=O) groups excluding carboxylic acids is 1. The van der Waals surface area contributed by atoms with Crippen LogP contribution in [0, 0.1) is 19.8 Å². The van der Waals surface area contributed by atoms with Gasteiger partial charge in [-0.2, -0.15) is 0 Å². The Bertz CT molecular complexity index is 1370. The molecule has 0 radical (unpaired) electrons. The maximum absolute atomic E-state index is 13.4. The van der Waals surface area contributed by atoms with Crippen molar-refractivity contribution in [2.75, 3.05) is 20.2 Å². The molecule has 2 N–H and O–H groups in total. The summed E-state index contributed by atoms with van der Waals surface area (Å²) < 4.78 is 22.3. The Morgan fingerprint density at radius 2 is 1.89 bits per heavy atom. The minimum atomic E-state index is -0.821. The van der Waals surface area contributed by atoms with Crippen molar-refractivity contribution in [3.8, 4) is 5.75 Å². The van der Waals surface area contributed by atoms with Gasteiger partial charge in [0, 0.05) is 47.2 Å². The van der Waals surface area contributed by atoms with Gasteiger partial charge in [-0.1, -0.05) is 18.2 Å². The number of methoxy groups -OCH3 is 1. The Morgan fingerprint density at radius 1 is 1.17 bits per heavy atom. The first-order chi connectivity index (χ1) is 17.4. The van der Waals surface area contributed by atoms with Gasteiger partial charge in [0.05, 0.1) is 35.8 Å². The standard InChI is InChI=1S/C27H34N4O4S/c1-17-14-24(35-3)22(26(32)29-17)15-28-27(33)25-18(2)31(23-7-5-4-6-21(23)25)16-19-10-12-30(13-11-19)36(34)20-8-9-20/h4-7,14,19-20H,8-13,15-16H2,1-3H3,(H,28,33)(H,29,32). The molecule has 1 unspecified atom stereocenters. The Balaban J connectivity index is 1.34. The lowest BCUT2D eigenvalue weighted by atomic mass is 9.98. The quantitative estimate of drug-likeness (QED) is 0.485. The van der Waals surface area contributed by atoms with Crippen LogP contribution in [-0.4, -0.2) is 49.4 Å². The van der Waals surface area contributed by atoms with Crippen LogP contribution < -0.4 is 15.6 Å². The number of H-pyrrole nitrogens is 1. The highest BCUT2D eigenvalue weighted by atomic mass is 32.2. The van der Waals surface area contributed by atoms with E-state index in [0.717, 1.165) is 61.9 Å². The number of rotatable bonds is 8. The van der Waals surface area contributed by atoms with Gasteiger partial charge in [-0.25, -0.2) is 8.51 Å². The number of piperidine rings is 1. The first-order valence-corrected chi connectivity index (χ1v) is 13.8. The van der Waals surface area contributed by atoms with Crippen LogP contribution in [0.1, 0.15) is 53.0 Å². The number of ether oxygens (including phenoxy) is 1. The average molecular weight is 511 g/mol. The Kier molecular flexibility index (Phi) is 7.03. The van der Waals surface area contributed by atoms with E-state index in [2.05, 4.69) is 25.2 Å². The predicted molar refractivity (Wildman–Crippen MR) is 142 cm³/mol. The van der Waals surface area contributed by atoms with Crippen LogP contribution >= 0.6 is 0 Å². The summed E-state index contributed by atoms with van der Waals surface area (Å²) in [6.45, 7) is 6.42. The van der Waals surface area contributed by atoms with E-state index in [-0.39, 0.29) is 18.0 Å². The Morgan fingerprint density at radius 3 is 2.58 bits per heavy atom. The van der Waals surface area contributed by atoms with Gasteiger partial charge < -0.3 is 19.6 Å². The lowest BCUT2D eigenvalue weighted by Crippen LogP contribution is -2.37. The predicted octanol–water partition coefficient (Wildman–Crippen LogP) is 3.42. The molecule has 36 heavy (non-hydrogen) atoms. The molecule has 1 aliphatic heterocycles. The van der Waals surface area contributed by atoms with Crippen LogP contribution in [0.5, 0.6) is 5.75 Å². The number of hydrogen-bond donors (Lipinski definition) is 2. The molecule has 1 aromatic carbocycles. The van der Waals surface area contributed by atoms with Crippen molar-refractivity contribution in [3.05, 3.63) is 63.2 Å². The monoisotopic (exact) mass is 510 g/mol. The first-order valence-electron chi connectivity index (χ1n) is 12.7. The molecule has 2 aliphatic rings. The van der Waals surface area contributed by atoms with Gasteiger partial charge in [-0.05, 0) is 57.6 Å². The summed E-state index contributed by atoms with van der Waals surface area (Å²) in [4.78, 5) is 28.6. The molecular weight excluding hydrogens is 476 g/mol. The highest BCUT2D eigenvalue weighted by Gasteiger charge is 2.34. The average Bonchev–Trinajstić information content (AvgIpc) is 3.68. The number of nitrogens with zero attached hydrogens (tertiary/aromatic N) is 2. The second-order valence-electron chi connectivity index (χ2n) is 9.95. The van der Waals surface area contributed by atoms with Crippen molar-refractivity contribution in [2.24, 2.45) is 5.92 Å². The molecule has 192 valence electrons. The van der Waals surface area contributed by atoms with E-state index < -0.39 is 11.0 Å². The van der Waals surface area contributed by atoms with Crippen molar-refractivity contribution < 1.29 is 13.7 Å². The summed E-state index contributed by atoms with van der Waals surface area (Å²) in [5.41, 5.74) is 3.43. The number of nitrogens with one attached hydrogen (secondary N) is 2. The van der Waals surface area contributed by atoms with E-state index in [1.807, 2.05) is 25.1 Å². The van der Waals surface area contributed by atoms with Gasteiger partial charge in [-0.3, -0.25) is 9.59 Å². The Labute approximate surface area is 213 Å². The van der Waals surface area contributed by atoms with Crippen molar-refractivity contribution >= 4 is 27.8 Å². The largest absolute Gasteiger partial charge is 0.496 e. The molecule has 1 amide bonds. The summed E-state index contributed by atoms with van der Waals surface area (Å²) in [6.07, 6.45) is 4.19. The molecule has 2 fully saturated rings. The fourth-order valence-electron chi connectivity index (χ4n) is 5.26. The molecule has 1 saturated carbocycles. The first kappa shape index (κ1) is 24.8. The zero-order valence-electron chi connectivity index (χ0n) is 21.1. The molecule has 1 atom stereocenters. The molecule has 3 aromatic rings. The molecule has 1 aliphatic carbocycles. The van der Waals surface area contributed by atoms with Crippen LogP contribution in [0.4, 0.5) is 0 Å². The number of hydrogen-bond acceptors (Lipinski definition) is 4. The molecule has 2 aromatic heterocycles. The molecule has 0 bridgehead atoms. The van der Waals surface area contributed by atoms with Crippen molar-refractivity contribution in [2.45, 2.75) is 57.9 Å². The summed E-state index contributed by atoms with van der Waals surface area (Å²) in [7, 11) is 0.698. The van der Waals surface area contributed by atoms with Crippen LogP contribution in [0.25, 0.3) is 10.9 Å². The van der Waals surface area contributed by atoms with Gasteiger partial charge in [0.2, 0.25) is 0 Å². The number of carbonyl (C=O) groups is 1. The number of pyridine rings is 1. The van der Waals surface area contributed by atoms with Crippen LogP contribution in [0.15, 0.2) is 35.1 Å². The van der Waals surface area contributed by atoms with E-state index in [4.69, 9.17) is 4.74 Å². The third kappa shape index (κ3) is 4.86. The fraction of sp³-hybridized carbons (Fsp3) is 0.481. The highest BCUT2D eigenvalue weighted by Crippen LogP contribution is 2.32. The third-order valence-electron chi connectivity index (χ3n) is 7.41. The molecule has 1 saturated heterocycles. The molecular formula is C27H34N4O4S. The molecule has 5 rings (SSSR count). The molecule has 0 spiro atoms. The van der Waals surface area contributed by atoms with E-state index in [1.54, 1.807) is 13.0 Å². The maximum Gasteiger partial charge on any atom is 0.256 e. The lowest BCUT2D eigenvalue weighted by molar-refractivity contribution is 0.0951. The molecule has 9 heteroatoms. The van der Waals surface area contributed by atoms with Gasteiger partial charge in [0.15, 0.2) is 0 Å². The van der Waals surface area contributed by atoms with Crippen molar-refractivity contribution in [3.63, 3.8) is 0 Å². The number of aryl methyl sites for hydroxylation is 1. The minimum absolute atomic E-state index is 0.0765. The number of aromatic nitrogens is 2. The molecule has 8 nitrogen and oxygen atoms in total. The zero-order valence-corrected chi connectivity index (χ0v) is 22.0. The number of para-hydroxylation sites is 1. The second kappa shape index (κ2) is 10.2.